The molecule has 0 saturated heterocycles. The number of hydrogen-bond donors (Lipinski definition) is 0. The molecule has 13 aromatic rings. The second-order valence-corrected chi connectivity index (χ2v) is 19.6. The third-order valence-electron chi connectivity index (χ3n) is 15.5. The molecule has 14 rings (SSSR count). The lowest BCUT2D eigenvalue weighted by molar-refractivity contribution is 0.762. The van der Waals surface area contributed by atoms with Gasteiger partial charge in [-0.3, -0.25) is 0 Å². The minimum atomic E-state index is -0.556. The molecule has 0 saturated carbocycles. The Labute approximate surface area is 438 Å². The van der Waals surface area contributed by atoms with Crippen molar-refractivity contribution < 1.29 is 0 Å². The lowest BCUT2D eigenvalue weighted by Crippen LogP contribution is -2.29. The van der Waals surface area contributed by atoms with Gasteiger partial charge in [0.1, 0.15) is 0 Å². The molecular weight excluding hydrogens is 905 g/mol. The summed E-state index contributed by atoms with van der Waals surface area (Å²) in [4.78, 5) is 2.39. The summed E-state index contributed by atoms with van der Waals surface area (Å²) in [5.41, 5.74) is 23.3. The molecule has 2 heteroatoms. The van der Waals surface area contributed by atoms with E-state index in [4.69, 9.17) is 0 Å². The lowest BCUT2D eigenvalue weighted by Gasteiger charge is -2.35. The summed E-state index contributed by atoms with van der Waals surface area (Å²) in [5.74, 6) is 0. The predicted octanol–water partition coefficient (Wildman–Crippen LogP) is 19.3. The number of nitrogens with zero attached hydrogens (tertiary/aromatic N) is 2. The average Bonchev–Trinajstić information content (AvgIpc) is 4.08. The Morgan fingerprint density at radius 2 is 0.720 bits per heavy atom. The van der Waals surface area contributed by atoms with Crippen LogP contribution in [0.1, 0.15) is 22.3 Å². The SMILES string of the molecule is c1ccc(-c2ccc(N(c3ccc(-c4ccccc4)cc3)c3ccccc3-c3ccc(-c4ccc5c6ccccc6n(-c6cccc7c6C(c6ccccc6)(c6ccccc6)c6ccccc6-7)c5c4)cc3)cc2)cc1. The molecule has 12 aromatic carbocycles. The van der Waals surface area contributed by atoms with Crippen molar-refractivity contribution in [2.75, 3.05) is 4.90 Å². The maximum Gasteiger partial charge on any atom is 0.0734 e. The molecule has 1 aliphatic rings. The van der Waals surface area contributed by atoms with Crippen molar-refractivity contribution in [2.45, 2.75) is 5.41 Å². The van der Waals surface area contributed by atoms with Crippen LogP contribution >= 0.6 is 0 Å². The molecule has 0 aliphatic heterocycles. The summed E-state index contributed by atoms with van der Waals surface area (Å²) in [6.07, 6.45) is 0. The number of hydrogen-bond acceptors (Lipinski definition) is 1. The van der Waals surface area contributed by atoms with Crippen molar-refractivity contribution in [3.05, 3.63) is 326 Å². The van der Waals surface area contributed by atoms with E-state index in [-0.39, 0.29) is 0 Å². The standard InChI is InChI=1S/C73H50N2/c1-5-20-51(21-6-1)53-40-45-60(46-41-53)74(61-47-42-54(43-48-61)52-22-7-2-8-23-52)68-33-17-14-28-62(68)56-38-36-55(37-39-56)57-44-49-65-64-30-15-18-34-69(64)75(71(65)50-57)70-35-19-31-66-63-29-13-16-32-67(63)73(72(66)70,58-24-9-3-10-25-58)59-26-11-4-12-27-59/h1-50H. The molecule has 0 radical (unpaired) electrons. The van der Waals surface area contributed by atoms with Crippen LogP contribution in [-0.2, 0) is 5.41 Å². The van der Waals surface area contributed by atoms with Crippen LogP contribution in [0.4, 0.5) is 17.1 Å². The molecule has 0 amide bonds. The van der Waals surface area contributed by atoms with Crippen molar-refractivity contribution in [1.29, 1.82) is 0 Å². The molecule has 2 nitrogen and oxygen atoms in total. The zero-order chi connectivity index (χ0) is 49.7. The van der Waals surface area contributed by atoms with E-state index in [1.807, 2.05) is 0 Å². The fourth-order valence-corrected chi connectivity index (χ4v) is 12.1. The van der Waals surface area contributed by atoms with Crippen molar-refractivity contribution in [1.82, 2.24) is 4.57 Å². The lowest BCUT2D eigenvalue weighted by atomic mass is 9.67. The minimum absolute atomic E-state index is 0.556. The molecule has 0 spiro atoms. The van der Waals surface area contributed by atoms with E-state index < -0.39 is 5.41 Å². The predicted molar refractivity (Wildman–Crippen MR) is 315 cm³/mol. The molecule has 1 heterocycles. The summed E-state index contributed by atoms with van der Waals surface area (Å²) in [6, 6.07) is 111. The number of para-hydroxylation sites is 2. The number of benzene rings is 12. The first-order valence-corrected chi connectivity index (χ1v) is 25.9. The van der Waals surface area contributed by atoms with E-state index in [9.17, 15) is 0 Å². The van der Waals surface area contributed by atoms with Crippen LogP contribution in [0, 0.1) is 0 Å². The zero-order valence-corrected chi connectivity index (χ0v) is 41.3. The third kappa shape index (κ3) is 7.33. The van der Waals surface area contributed by atoms with Crippen LogP contribution in [0.25, 0.3) is 83.1 Å². The molecule has 0 unspecified atom stereocenters. The zero-order valence-electron chi connectivity index (χ0n) is 41.3. The topological polar surface area (TPSA) is 8.17 Å². The Bertz CT molecular complexity index is 4060. The Balaban J connectivity index is 0.893. The molecule has 352 valence electrons. The van der Waals surface area contributed by atoms with Gasteiger partial charge in [0.05, 0.1) is 27.8 Å². The van der Waals surface area contributed by atoms with Crippen LogP contribution in [0.15, 0.2) is 303 Å². The highest BCUT2D eigenvalue weighted by atomic mass is 15.1. The highest BCUT2D eigenvalue weighted by Gasteiger charge is 2.48. The van der Waals surface area contributed by atoms with Gasteiger partial charge in [-0.05, 0) is 115 Å². The van der Waals surface area contributed by atoms with Gasteiger partial charge in [0, 0.05) is 33.3 Å². The Morgan fingerprint density at radius 3 is 1.35 bits per heavy atom. The van der Waals surface area contributed by atoms with E-state index in [1.165, 1.54) is 88.7 Å². The van der Waals surface area contributed by atoms with Crippen LogP contribution in [0.5, 0.6) is 0 Å². The average molecular weight is 955 g/mol. The van der Waals surface area contributed by atoms with Crippen LogP contribution in [0.3, 0.4) is 0 Å². The highest BCUT2D eigenvalue weighted by molar-refractivity contribution is 6.11. The van der Waals surface area contributed by atoms with Crippen molar-refractivity contribution in [2.24, 2.45) is 0 Å². The molecule has 0 bridgehead atoms. The molecule has 1 aliphatic carbocycles. The van der Waals surface area contributed by atoms with Gasteiger partial charge in [-0.25, -0.2) is 0 Å². The fraction of sp³-hybridized carbons (Fsp3) is 0.0137. The second kappa shape index (κ2) is 18.4. The molecule has 0 N–H and O–H groups in total. The van der Waals surface area contributed by atoms with Gasteiger partial charge in [0.2, 0.25) is 0 Å². The first-order chi connectivity index (χ1) is 37.2. The Morgan fingerprint density at radius 1 is 0.280 bits per heavy atom. The smallest absolute Gasteiger partial charge is 0.0734 e. The number of fused-ring (bicyclic) bond motifs is 6. The molecule has 0 atom stereocenters. The van der Waals surface area contributed by atoms with E-state index in [2.05, 4.69) is 313 Å². The van der Waals surface area contributed by atoms with Gasteiger partial charge in [-0.1, -0.05) is 255 Å². The Kier molecular flexibility index (Phi) is 10.8. The van der Waals surface area contributed by atoms with E-state index in [0.717, 1.165) is 33.8 Å². The third-order valence-corrected chi connectivity index (χ3v) is 15.5. The van der Waals surface area contributed by atoms with Crippen LogP contribution < -0.4 is 4.90 Å². The van der Waals surface area contributed by atoms with Gasteiger partial charge in [0.25, 0.3) is 0 Å². The summed E-state index contributed by atoms with van der Waals surface area (Å²) < 4.78 is 2.54. The normalized spacial score (nSPS) is 12.4. The van der Waals surface area contributed by atoms with Crippen molar-refractivity contribution in [3.63, 3.8) is 0 Å². The van der Waals surface area contributed by atoms with Crippen LogP contribution in [-0.4, -0.2) is 4.57 Å². The number of aromatic nitrogens is 1. The summed E-state index contributed by atoms with van der Waals surface area (Å²) in [7, 11) is 0. The van der Waals surface area contributed by atoms with E-state index in [0.29, 0.717) is 0 Å². The largest absolute Gasteiger partial charge is 0.310 e. The van der Waals surface area contributed by atoms with Crippen molar-refractivity contribution in [3.8, 4) is 61.3 Å². The van der Waals surface area contributed by atoms with Crippen molar-refractivity contribution >= 4 is 38.9 Å². The second-order valence-electron chi connectivity index (χ2n) is 19.6. The summed E-state index contributed by atoms with van der Waals surface area (Å²) in [6.45, 7) is 0. The molecule has 0 fully saturated rings. The number of anilines is 3. The van der Waals surface area contributed by atoms with Gasteiger partial charge in [-0.15, -0.1) is 0 Å². The maximum absolute atomic E-state index is 2.54. The van der Waals surface area contributed by atoms with Gasteiger partial charge in [0.15, 0.2) is 0 Å². The summed E-state index contributed by atoms with van der Waals surface area (Å²) in [5, 5.41) is 2.46. The first kappa shape index (κ1) is 44.0. The van der Waals surface area contributed by atoms with Gasteiger partial charge in [-0.2, -0.15) is 0 Å². The molecule has 1 aromatic heterocycles. The highest BCUT2D eigenvalue weighted by Crippen LogP contribution is 2.58. The molecule has 75 heavy (non-hydrogen) atoms. The fourth-order valence-electron chi connectivity index (χ4n) is 12.1. The van der Waals surface area contributed by atoms with Gasteiger partial charge < -0.3 is 9.47 Å². The Hall–Kier alpha value is -9.76. The van der Waals surface area contributed by atoms with Crippen LogP contribution in [0.2, 0.25) is 0 Å². The first-order valence-electron chi connectivity index (χ1n) is 25.9. The van der Waals surface area contributed by atoms with E-state index >= 15 is 0 Å². The summed E-state index contributed by atoms with van der Waals surface area (Å²) >= 11 is 0. The van der Waals surface area contributed by atoms with E-state index in [1.54, 1.807) is 0 Å². The quantitative estimate of drug-likeness (QED) is 0.133. The molecular formula is C73H50N2. The monoisotopic (exact) mass is 954 g/mol. The number of rotatable bonds is 10. The minimum Gasteiger partial charge on any atom is -0.310 e. The maximum atomic E-state index is 2.54. The van der Waals surface area contributed by atoms with Gasteiger partial charge >= 0.3 is 0 Å².